The number of carbonyl (C=O) groups is 2. The van der Waals surface area contributed by atoms with Crippen molar-refractivity contribution in [1.82, 2.24) is 25.0 Å². The Morgan fingerprint density at radius 3 is 2.52 bits per heavy atom. The zero-order valence-corrected chi connectivity index (χ0v) is 14.2. The second-order valence-corrected chi connectivity index (χ2v) is 6.78. The summed E-state index contributed by atoms with van der Waals surface area (Å²) in [4.78, 5) is 22.7. The molecule has 10 nitrogen and oxygen atoms in total. The number of sulfonamides is 1. The summed E-state index contributed by atoms with van der Waals surface area (Å²) in [5.41, 5.74) is 0.689. The van der Waals surface area contributed by atoms with Gasteiger partial charge in [-0.1, -0.05) is 12.1 Å². The summed E-state index contributed by atoms with van der Waals surface area (Å²) in [7, 11) is -3.57. The lowest BCUT2D eigenvalue weighted by molar-refractivity contribution is -0.137. The van der Waals surface area contributed by atoms with E-state index in [4.69, 9.17) is 5.11 Å². The Labute approximate surface area is 143 Å². The lowest BCUT2D eigenvalue weighted by Gasteiger charge is -2.06. The summed E-state index contributed by atoms with van der Waals surface area (Å²) in [6.45, 7) is 1.69. The minimum Gasteiger partial charge on any atom is -0.480 e. The van der Waals surface area contributed by atoms with Crippen LogP contribution >= 0.6 is 0 Å². The first-order valence-corrected chi connectivity index (χ1v) is 8.79. The zero-order valence-electron chi connectivity index (χ0n) is 13.3. The van der Waals surface area contributed by atoms with Crippen molar-refractivity contribution in [2.45, 2.75) is 24.9 Å². The molecule has 1 heterocycles. The molecule has 3 N–H and O–H groups in total. The number of hydrogen-bond donors (Lipinski definition) is 3. The van der Waals surface area contributed by atoms with Gasteiger partial charge >= 0.3 is 5.97 Å². The van der Waals surface area contributed by atoms with E-state index < -0.39 is 21.9 Å². The van der Waals surface area contributed by atoms with Gasteiger partial charge in [0.05, 0.1) is 17.6 Å². The molecule has 0 radical (unpaired) electrons. The van der Waals surface area contributed by atoms with Gasteiger partial charge in [-0.25, -0.2) is 17.8 Å². The third-order valence-electron chi connectivity index (χ3n) is 3.07. The predicted molar refractivity (Wildman–Crippen MR) is 86.1 cm³/mol. The Morgan fingerprint density at radius 2 is 1.92 bits per heavy atom. The second-order valence-electron chi connectivity index (χ2n) is 5.01. The highest BCUT2D eigenvalue weighted by Crippen LogP contribution is 2.10. The smallest absolute Gasteiger partial charge is 0.325 e. The van der Waals surface area contributed by atoms with Crippen molar-refractivity contribution in [2.24, 2.45) is 0 Å². The molecule has 0 aliphatic carbocycles. The molecule has 0 aliphatic rings. The Hall–Kier alpha value is -2.79. The standard InChI is InChI=1S/C14H17N5O5S/c1-2-16-25(23,24)12-5-3-10(4-6-12)14(22)15-7-11-8-19(18-17-11)9-13(20)21/h3-6,8,16H,2,7,9H2,1H3,(H,15,22)(H,20,21). The van der Waals surface area contributed by atoms with E-state index in [-0.39, 0.29) is 30.1 Å². The molecule has 0 unspecified atom stereocenters. The molecule has 0 saturated heterocycles. The lowest BCUT2D eigenvalue weighted by atomic mass is 10.2. The summed E-state index contributed by atoms with van der Waals surface area (Å²) >= 11 is 0. The van der Waals surface area contributed by atoms with Crippen molar-refractivity contribution in [3.05, 3.63) is 41.7 Å². The number of nitrogens with zero attached hydrogens (tertiary/aromatic N) is 3. The van der Waals surface area contributed by atoms with Gasteiger partial charge in [0.2, 0.25) is 10.0 Å². The maximum Gasteiger partial charge on any atom is 0.325 e. The molecule has 1 amide bonds. The Bertz CT molecular complexity index is 860. The normalized spacial score (nSPS) is 11.2. The highest BCUT2D eigenvalue weighted by molar-refractivity contribution is 7.89. The number of carboxylic acid groups (broad SMARTS) is 1. The largest absolute Gasteiger partial charge is 0.480 e. The van der Waals surface area contributed by atoms with Crippen LogP contribution in [-0.4, -0.2) is 46.9 Å². The number of amides is 1. The minimum atomic E-state index is -3.57. The molecule has 0 atom stereocenters. The van der Waals surface area contributed by atoms with Crippen molar-refractivity contribution in [3.8, 4) is 0 Å². The average Bonchev–Trinajstić information content (AvgIpc) is 2.99. The van der Waals surface area contributed by atoms with E-state index in [0.29, 0.717) is 5.69 Å². The number of benzene rings is 1. The number of rotatable bonds is 8. The van der Waals surface area contributed by atoms with Crippen LogP contribution in [0.4, 0.5) is 0 Å². The van der Waals surface area contributed by atoms with Gasteiger partial charge in [-0.05, 0) is 24.3 Å². The van der Waals surface area contributed by atoms with E-state index >= 15 is 0 Å². The Morgan fingerprint density at radius 1 is 1.24 bits per heavy atom. The molecular weight excluding hydrogens is 350 g/mol. The molecule has 0 bridgehead atoms. The van der Waals surface area contributed by atoms with Crippen molar-refractivity contribution < 1.29 is 23.1 Å². The first-order valence-electron chi connectivity index (χ1n) is 7.30. The minimum absolute atomic E-state index is 0.0654. The predicted octanol–water partition coefficient (Wildman–Crippen LogP) is -0.409. The van der Waals surface area contributed by atoms with E-state index in [1.165, 1.54) is 30.5 Å². The number of carbonyl (C=O) groups excluding carboxylic acids is 1. The van der Waals surface area contributed by atoms with Crippen LogP contribution in [0.5, 0.6) is 0 Å². The summed E-state index contributed by atoms with van der Waals surface area (Å²) < 4.78 is 27.2. The molecule has 2 aromatic rings. The highest BCUT2D eigenvalue weighted by Gasteiger charge is 2.14. The van der Waals surface area contributed by atoms with E-state index in [9.17, 15) is 18.0 Å². The van der Waals surface area contributed by atoms with Gasteiger partial charge in [0.25, 0.3) is 5.91 Å². The molecule has 11 heteroatoms. The average molecular weight is 367 g/mol. The molecule has 134 valence electrons. The maximum atomic E-state index is 12.1. The van der Waals surface area contributed by atoms with Crippen molar-refractivity contribution >= 4 is 21.9 Å². The Balaban J connectivity index is 1.97. The summed E-state index contributed by atoms with van der Waals surface area (Å²) in [5, 5.41) is 18.6. The van der Waals surface area contributed by atoms with Crippen LogP contribution in [0, 0.1) is 0 Å². The first-order chi connectivity index (χ1) is 11.8. The van der Waals surface area contributed by atoms with Crippen LogP contribution in [0.2, 0.25) is 0 Å². The van der Waals surface area contributed by atoms with Gasteiger partial charge in [-0.3, -0.25) is 9.59 Å². The van der Waals surface area contributed by atoms with E-state index in [0.717, 1.165) is 4.68 Å². The molecule has 25 heavy (non-hydrogen) atoms. The number of aliphatic carboxylic acids is 1. The van der Waals surface area contributed by atoms with Gasteiger partial charge in [-0.15, -0.1) is 5.10 Å². The first kappa shape index (κ1) is 18.5. The zero-order chi connectivity index (χ0) is 18.4. The highest BCUT2D eigenvalue weighted by atomic mass is 32.2. The third kappa shape index (κ3) is 5.09. The second kappa shape index (κ2) is 7.85. The fourth-order valence-corrected chi connectivity index (χ4v) is 3.01. The molecule has 2 rings (SSSR count). The van der Waals surface area contributed by atoms with Gasteiger partial charge in [0.1, 0.15) is 12.2 Å². The Kier molecular flexibility index (Phi) is 5.83. The van der Waals surface area contributed by atoms with Crippen LogP contribution in [0.25, 0.3) is 0 Å². The van der Waals surface area contributed by atoms with Gasteiger partial charge in [-0.2, -0.15) is 0 Å². The molecule has 0 spiro atoms. The number of nitrogens with one attached hydrogen (secondary N) is 2. The maximum absolute atomic E-state index is 12.1. The molecule has 1 aromatic heterocycles. The molecule has 0 saturated carbocycles. The summed E-state index contributed by atoms with van der Waals surface area (Å²) in [6.07, 6.45) is 1.42. The number of carboxylic acids is 1. The number of aromatic nitrogens is 3. The van der Waals surface area contributed by atoms with Crippen LogP contribution in [0.3, 0.4) is 0 Å². The van der Waals surface area contributed by atoms with E-state index in [2.05, 4.69) is 20.4 Å². The molecule has 0 fully saturated rings. The molecule has 0 aliphatic heterocycles. The summed E-state index contributed by atoms with van der Waals surface area (Å²) in [6, 6.07) is 5.49. The molecule has 1 aromatic carbocycles. The van der Waals surface area contributed by atoms with Gasteiger partial charge in [0, 0.05) is 12.1 Å². The number of hydrogen-bond acceptors (Lipinski definition) is 6. The van der Waals surface area contributed by atoms with Crippen LogP contribution < -0.4 is 10.0 Å². The van der Waals surface area contributed by atoms with Crippen molar-refractivity contribution in [3.63, 3.8) is 0 Å². The van der Waals surface area contributed by atoms with Crippen molar-refractivity contribution in [1.29, 1.82) is 0 Å². The SMILES string of the molecule is CCNS(=O)(=O)c1ccc(C(=O)NCc2cn(CC(=O)O)nn2)cc1. The lowest BCUT2D eigenvalue weighted by Crippen LogP contribution is -2.24. The van der Waals surface area contributed by atoms with Crippen LogP contribution in [-0.2, 0) is 27.9 Å². The fraction of sp³-hybridized carbons (Fsp3) is 0.286. The molecular formula is C14H17N5O5S. The monoisotopic (exact) mass is 367 g/mol. The van der Waals surface area contributed by atoms with Gasteiger partial charge in [0.15, 0.2) is 0 Å². The van der Waals surface area contributed by atoms with E-state index in [1.54, 1.807) is 6.92 Å². The quantitative estimate of drug-likeness (QED) is 0.575. The van der Waals surface area contributed by atoms with Crippen LogP contribution in [0.15, 0.2) is 35.4 Å². The topological polar surface area (TPSA) is 143 Å². The van der Waals surface area contributed by atoms with E-state index in [1.807, 2.05) is 0 Å². The fourth-order valence-electron chi connectivity index (χ4n) is 1.97. The summed E-state index contributed by atoms with van der Waals surface area (Å²) in [5.74, 6) is -1.46. The van der Waals surface area contributed by atoms with Crippen molar-refractivity contribution in [2.75, 3.05) is 6.54 Å². The van der Waals surface area contributed by atoms with Gasteiger partial charge < -0.3 is 10.4 Å². The third-order valence-corrected chi connectivity index (χ3v) is 4.64. The van der Waals surface area contributed by atoms with Crippen LogP contribution in [0.1, 0.15) is 23.0 Å².